The van der Waals surface area contributed by atoms with Gasteiger partial charge in [0.25, 0.3) is 0 Å². The highest BCUT2D eigenvalue weighted by Gasteiger charge is 2.30. The highest BCUT2D eigenvalue weighted by Crippen LogP contribution is 2.31. The molecule has 168 valence electrons. The number of oxazole rings is 1. The SMILES string of the molecule is Cc1cccnc1Nc1ccc(N2CCN(C(c3ccccc3)c3ncco3)CC2)c(F)c1. The van der Waals surface area contributed by atoms with E-state index in [0.29, 0.717) is 30.4 Å². The van der Waals surface area contributed by atoms with Crippen molar-refractivity contribution in [1.82, 2.24) is 14.9 Å². The van der Waals surface area contributed by atoms with Gasteiger partial charge in [-0.2, -0.15) is 0 Å². The molecule has 0 amide bonds. The lowest BCUT2D eigenvalue weighted by atomic mass is 10.0. The van der Waals surface area contributed by atoms with E-state index < -0.39 is 0 Å². The Labute approximate surface area is 192 Å². The minimum atomic E-state index is -0.241. The summed E-state index contributed by atoms with van der Waals surface area (Å²) < 4.78 is 20.7. The van der Waals surface area contributed by atoms with Crippen LogP contribution in [0, 0.1) is 12.7 Å². The number of hydrogen-bond acceptors (Lipinski definition) is 6. The molecule has 4 aromatic rings. The predicted molar refractivity (Wildman–Crippen MR) is 127 cm³/mol. The molecule has 1 saturated heterocycles. The topological polar surface area (TPSA) is 57.4 Å². The van der Waals surface area contributed by atoms with Gasteiger partial charge >= 0.3 is 0 Å². The Balaban J connectivity index is 1.29. The molecule has 1 aliphatic rings. The molecule has 1 unspecified atom stereocenters. The molecule has 3 heterocycles. The molecule has 1 aliphatic heterocycles. The Morgan fingerprint density at radius 3 is 2.45 bits per heavy atom. The normalized spacial score (nSPS) is 15.4. The molecule has 33 heavy (non-hydrogen) atoms. The molecule has 5 rings (SSSR count). The Morgan fingerprint density at radius 1 is 0.939 bits per heavy atom. The third-order valence-electron chi connectivity index (χ3n) is 6.04. The van der Waals surface area contributed by atoms with Crippen molar-refractivity contribution in [3.8, 4) is 0 Å². The number of hydrogen-bond donors (Lipinski definition) is 1. The van der Waals surface area contributed by atoms with Crippen molar-refractivity contribution in [2.24, 2.45) is 0 Å². The number of piperazine rings is 1. The molecule has 0 saturated carbocycles. The summed E-state index contributed by atoms with van der Waals surface area (Å²) in [6.07, 6.45) is 5.01. The maximum absolute atomic E-state index is 15.0. The maximum Gasteiger partial charge on any atom is 0.215 e. The predicted octanol–water partition coefficient (Wildman–Crippen LogP) is 5.17. The summed E-state index contributed by atoms with van der Waals surface area (Å²) in [6, 6.07) is 19.3. The van der Waals surface area contributed by atoms with E-state index in [0.717, 1.165) is 30.0 Å². The number of benzene rings is 2. The van der Waals surface area contributed by atoms with Gasteiger partial charge in [0, 0.05) is 38.1 Å². The zero-order valence-electron chi connectivity index (χ0n) is 18.5. The minimum absolute atomic E-state index is 0.0543. The second kappa shape index (κ2) is 9.42. The quantitative estimate of drug-likeness (QED) is 0.444. The van der Waals surface area contributed by atoms with E-state index in [4.69, 9.17) is 4.42 Å². The van der Waals surface area contributed by atoms with Crippen molar-refractivity contribution in [2.75, 3.05) is 36.4 Å². The fourth-order valence-electron chi connectivity index (χ4n) is 4.33. The van der Waals surface area contributed by atoms with Gasteiger partial charge < -0.3 is 14.6 Å². The summed E-state index contributed by atoms with van der Waals surface area (Å²) in [4.78, 5) is 13.2. The van der Waals surface area contributed by atoms with Crippen molar-refractivity contribution in [1.29, 1.82) is 0 Å². The van der Waals surface area contributed by atoms with E-state index in [1.807, 2.05) is 49.4 Å². The van der Waals surface area contributed by atoms with Gasteiger partial charge in [0.1, 0.15) is 23.9 Å². The van der Waals surface area contributed by atoms with Gasteiger partial charge in [0.15, 0.2) is 0 Å². The van der Waals surface area contributed by atoms with Crippen LogP contribution in [0.3, 0.4) is 0 Å². The Hall–Kier alpha value is -3.71. The monoisotopic (exact) mass is 443 g/mol. The van der Waals surface area contributed by atoms with Gasteiger partial charge in [0.05, 0.1) is 11.9 Å². The maximum atomic E-state index is 15.0. The molecule has 0 bridgehead atoms. The molecular weight excluding hydrogens is 417 g/mol. The molecule has 0 radical (unpaired) electrons. The summed E-state index contributed by atoms with van der Waals surface area (Å²) in [5, 5.41) is 3.20. The lowest BCUT2D eigenvalue weighted by Crippen LogP contribution is -2.48. The Kier molecular flexibility index (Phi) is 6.04. The summed E-state index contributed by atoms with van der Waals surface area (Å²) in [7, 11) is 0. The van der Waals surface area contributed by atoms with E-state index in [2.05, 4.69) is 37.2 Å². The number of anilines is 3. The van der Waals surface area contributed by atoms with E-state index >= 15 is 4.39 Å². The minimum Gasteiger partial charge on any atom is -0.447 e. The molecule has 2 aromatic heterocycles. The summed E-state index contributed by atoms with van der Waals surface area (Å²) in [6.45, 7) is 4.95. The summed E-state index contributed by atoms with van der Waals surface area (Å²) >= 11 is 0. The fourth-order valence-corrected chi connectivity index (χ4v) is 4.33. The van der Waals surface area contributed by atoms with Crippen LogP contribution in [0.25, 0.3) is 0 Å². The average Bonchev–Trinajstić information content (AvgIpc) is 3.37. The number of halogens is 1. The van der Waals surface area contributed by atoms with Crippen molar-refractivity contribution in [2.45, 2.75) is 13.0 Å². The third kappa shape index (κ3) is 4.59. The zero-order valence-corrected chi connectivity index (χ0v) is 18.5. The highest BCUT2D eigenvalue weighted by molar-refractivity contribution is 5.63. The van der Waals surface area contributed by atoms with E-state index in [-0.39, 0.29) is 11.9 Å². The van der Waals surface area contributed by atoms with Gasteiger partial charge in [-0.25, -0.2) is 14.4 Å². The zero-order chi connectivity index (χ0) is 22.6. The molecule has 1 N–H and O–H groups in total. The number of pyridine rings is 1. The van der Waals surface area contributed by atoms with Crippen molar-refractivity contribution in [3.05, 3.63) is 102 Å². The molecule has 2 aromatic carbocycles. The highest BCUT2D eigenvalue weighted by atomic mass is 19.1. The van der Waals surface area contributed by atoms with Crippen LogP contribution < -0.4 is 10.2 Å². The van der Waals surface area contributed by atoms with Gasteiger partial charge in [-0.15, -0.1) is 0 Å². The van der Waals surface area contributed by atoms with Crippen molar-refractivity contribution in [3.63, 3.8) is 0 Å². The second-order valence-electron chi connectivity index (χ2n) is 8.17. The molecule has 6 nitrogen and oxygen atoms in total. The van der Waals surface area contributed by atoms with Gasteiger partial charge in [-0.3, -0.25) is 4.90 Å². The number of nitrogens with zero attached hydrogens (tertiary/aromatic N) is 4. The van der Waals surface area contributed by atoms with Crippen LogP contribution in [0.15, 0.2) is 83.7 Å². The first-order valence-corrected chi connectivity index (χ1v) is 11.1. The lowest BCUT2D eigenvalue weighted by molar-refractivity contribution is 0.187. The number of nitrogens with one attached hydrogen (secondary N) is 1. The van der Waals surface area contributed by atoms with Crippen molar-refractivity contribution < 1.29 is 8.81 Å². The third-order valence-corrected chi connectivity index (χ3v) is 6.04. The Morgan fingerprint density at radius 2 is 1.76 bits per heavy atom. The van der Waals surface area contributed by atoms with E-state index in [1.165, 1.54) is 6.07 Å². The molecule has 0 spiro atoms. The largest absolute Gasteiger partial charge is 0.447 e. The van der Waals surface area contributed by atoms with Crippen LogP contribution in [0.1, 0.15) is 23.1 Å². The van der Waals surface area contributed by atoms with E-state index in [9.17, 15) is 0 Å². The lowest BCUT2D eigenvalue weighted by Gasteiger charge is -2.39. The molecule has 1 fully saturated rings. The fraction of sp³-hybridized carbons (Fsp3) is 0.231. The first kappa shape index (κ1) is 21.2. The standard InChI is InChI=1S/C26H26FN5O/c1-19-6-5-11-28-25(19)30-21-9-10-23(22(27)18-21)31-13-15-32(16-14-31)24(26-29-12-17-33-26)20-7-3-2-4-8-20/h2-12,17-18,24H,13-16H2,1H3,(H,28,30). The number of aryl methyl sites for hydroxylation is 1. The smallest absolute Gasteiger partial charge is 0.215 e. The average molecular weight is 444 g/mol. The van der Waals surface area contributed by atoms with E-state index in [1.54, 1.807) is 18.7 Å². The van der Waals surface area contributed by atoms with Crippen LogP contribution in [-0.4, -0.2) is 41.0 Å². The van der Waals surface area contributed by atoms with Crippen LogP contribution in [0.4, 0.5) is 21.6 Å². The van der Waals surface area contributed by atoms with Crippen LogP contribution in [0.2, 0.25) is 0 Å². The van der Waals surface area contributed by atoms with Crippen LogP contribution >= 0.6 is 0 Å². The molecular formula is C26H26FN5O. The summed E-state index contributed by atoms with van der Waals surface area (Å²) in [5.41, 5.74) is 3.45. The molecule has 1 atom stereocenters. The second-order valence-corrected chi connectivity index (χ2v) is 8.17. The first-order chi connectivity index (χ1) is 16.2. The molecule has 0 aliphatic carbocycles. The summed E-state index contributed by atoms with van der Waals surface area (Å²) in [5.74, 6) is 1.17. The van der Waals surface area contributed by atoms with Gasteiger partial charge in [0.2, 0.25) is 5.89 Å². The first-order valence-electron chi connectivity index (χ1n) is 11.1. The van der Waals surface area contributed by atoms with Crippen LogP contribution in [-0.2, 0) is 0 Å². The van der Waals surface area contributed by atoms with Gasteiger partial charge in [-0.05, 0) is 42.3 Å². The van der Waals surface area contributed by atoms with Crippen molar-refractivity contribution >= 4 is 17.2 Å². The molecule has 7 heteroatoms. The Bertz CT molecular complexity index is 1190. The van der Waals surface area contributed by atoms with Gasteiger partial charge in [-0.1, -0.05) is 36.4 Å². The van der Waals surface area contributed by atoms with Crippen LogP contribution in [0.5, 0.6) is 0 Å². The number of aromatic nitrogens is 2. The number of rotatable bonds is 6.